The van der Waals surface area contributed by atoms with Gasteiger partial charge in [-0.05, 0) is 68.9 Å². The van der Waals surface area contributed by atoms with Gasteiger partial charge in [-0.15, -0.1) is 0 Å². The van der Waals surface area contributed by atoms with E-state index in [0.29, 0.717) is 9.79 Å². The maximum atomic E-state index is 14.4. The summed E-state index contributed by atoms with van der Waals surface area (Å²) in [5.41, 5.74) is 5.69. The first-order chi connectivity index (χ1) is 21.3. The number of nitrogens with zero attached hydrogens (tertiary/aromatic N) is 2. The van der Waals surface area contributed by atoms with Crippen LogP contribution in [0.5, 0.6) is 0 Å². The molecule has 46 heavy (non-hydrogen) atoms. The molecule has 0 N–H and O–H groups in total. The van der Waals surface area contributed by atoms with Crippen molar-refractivity contribution in [2.45, 2.75) is 128 Å². The summed E-state index contributed by atoms with van der Waals surface area (Å²) >= 11 is 0. The summed E-state index contributed by atoms with van der Waals surface area (Å²) in [6.45, 7) is 25.5. The third-order valence-corrected chi connectivity index (χ3v) is 12.9. The van der Waals surface area contributed by atoms with Gasteiger partial charge in [-0.3, -0.25) is 0 Å². The van der Waals surface area contributed by atoms with E-state index in [1.54, 1.807) is 24.3 Å². The quantitative estimate of drug-likeness (QED) is 0.236. The Morgan fingerprint density at radius 1 is 0.413 bits per heavy atom. The molecule has 6 nitrogen and oxygen atoms in total. The summed E-state index contributed by atoms with van der Waals surface area (Å²) in [5, 5.41) is 0. The molecule has 0 saturated carbocycles. The maximum absolute atomic E-state index is 14.4. The molecule has 0 atom stereocenters. The molecule has 0 radical (unpaired) electrons. The van der Waals surface area contributed by atoms with E-state index >= 15 is 0 Å². The fourth-order valence-electron chi connectivity index (χ4n) is 5.94. The Kier molecular flexibility index (Phi) is 12.7. The van der Waals surface area contributed by atoms with E-state index in [2.05, 4.69) is 52.0 Å². The van der Waals surface area contributed by atoms with E-state index in [4.69, 9.17) is 0 Å². The van der Waals surface area contributed by atoms with Gasteiger partial charge in [0.2, 0.25) is 20.0 Å². The molecule has 0 saturated heterocycles. The molecular weight excluding hydrogens is 613 g/mol. The molecule has 0 aromatic heterocycles. The average Bonchev–Trinajstić information content (AvgIpc) is 2.97. The fraction of sp³-hybridized carbons (Fsp3) is 0.579. The van der Waals surface area contributed by atoms with Crippen LogP contribution in [-0.2, 0) is 20.0 Å². The first-order valence-corrected chi connectivity index (χ1v) is 19.9. The van der Waals surface area contributed by atoms with E-state index in [1.807, 2.05) is 55.4 Å². The summed E-state index contributed by atoms with van der Waals surface area (Å²) < 4.78 is 60.7. The van der Waals surface area contributed by atoms with Crippen LogP contribution in [0.25, 0.3) is 0 Å². The summed E-state index contributed by atoms with van der Waals surface area (Å²) in [5.74, 6) is 0.708. The van der Waals surface area contributed by atoms with Crippen LogP contribution in [0.1, 0.15) is 152 Å². The lowest BCUT2D eigenvalue weighted by Crippen LogP contribution is -2.36. The highest BCUT2D eigenvalue weighted by Crippen LogP contribution is 2.38. The second-order valence-corrected chi connectivity index (χ2v) is 18.3. The van der Waals surface area contributed by atoms with E-state index in [1.165, 1.54) is 8.61 Å². The summed E-state index contributed by atoms with van der Waals surface area (Å²) in [4.78, 5) is 0.828. The third-order valence-electron chi connectivity index (χ3n) is 8.92. The zero-order chi connectivity index (χ0) is 34.7. The van der Waals surface area contributed by atoms with Crippen molar-refractivity contribution in [3.05, 3.63) is 82.0 Å². The standard InChI is InChI=1S/C38H58N2O4S2/c1-25(2)31-21-33(27(5)6)37(34(22-31)28(7)8)45(41,42)39-17-13-15-19-40(20-16-14-18-39)46(43,44)38-35(29(9)10)23-32(26(3)4)24-36(38)30(11)12/h13-16,21-30H,17-20H2,1-12H3/b15-13+,16-14+. The molecule has 0 amide bonds. The van der Waals surface area contributed by atoms with Crippen LogP contribution in [0.4, 0.5) is 0 Å². The first kappa shape index (κ1) is 38.2. The van der Waals surface area contributed by atoms with E-state index in [9.17, 15) is 16.8 Å². The first-order valence-electron chi connectivity index (χ1n) is 17.0. The zero-order valence-corrected chi connectivity index (χ0v) is 31.9. The topological polar surface area (TPSA) is 74.8 Å². The van der Waals surface area contributed by atoms with Crippen LogP contribution in [0, 0.1) is 0 Å². The number of hydrogen-bond donors (Lipinski definition) is 0. The summed E-state index contributed by atoms with van der Waals surface area (Å²) in [6, 6.07) is 8.26. The van der Waals surface area contributed by atoms with Gasteiger partial charge in [-0.2, -0.15) is 8.61 Å². The highest BCUT2D eigenvalue weighted by molar-refractivity contribution is 7.89. The minimum Gasteiger partial charge on any atom is -0.207 e. The average molecular weight is 671 g/mol. The molecule has 0 spiro atoms. The van der Waals surface area contributed by atoms with Crippen LogP contribution in [0.2, 0.25) is 0 Å². The van der Waals surface area contributed by atoms with E-state index in [0.717, 1.165) is 33.4 Å². The molecule has 0 aliphatic carbocycles. The fourth-order valence-corrected chi connectivity index (χ4v) is 9.96. The van der Waals surface area contributed by atoms with Crippen molar-refractivity contribution in [3.63, 3.8) is 0 Å². The van der Waals surface area contributed by atoms with Crippen molar-refractivity contribution in [3.8, 4) is 0 Å². The van der Waals surface area contributed by atoms with Crippen LogP contribution in [0.3, 0.4) is 0 Å². The molecule has 0 bridgehead atoms. The van der Waals surface area contributed by atoms with E-state index in [-0.39, 0.29) is 61.7 Å². The van der Waals surface area contributed by atoms with E-state index < -0.39 is 20.0 Å². The second kappa shape index (κ2) is 15.3. The van der Waals surface area contributed by atoms with Crippen molar-refractivity contribution < 1.29 is 16.8 Å². The molecule has 1 heterocycles. The molecule has 2 aromatic rings. The number of sulfonamides is 2. The lowest BCUT2D eigenvalue weighted by Gasteiger charge is -2.28. The Bertz CT molecular complexity index is 1450. The highest BCUT2D eigenvalue weighted by atomic mass is 32.2. The van der Waals surface area contributed by atoms with Gasteiger partial charge in [-0.25, -0.2) is 16.8 Å². The molecule has 3 rings (SSSR count). The Hall–Kier alpha value is -2.26. The van der Waals surface area contributed by atoms with Crippen LogP contribution < -0.4 is 0 Å². The van der Waals surface area contributed by atoms with Crippen molar-refractivity contribution in [1.82, 2.24) is 8.61 Å². The predicted octanol–water partition coefficient (Wildman–Crippen LogP) is 9.23. The largest absolute Gasteiger partial charge is 0.244 e. The van der Waals surface area contributed by atoms with Crippen LogP contribution in [0.15, 0.2) is 58.4 Å². The zero-order valence-electron chi connectivity index (χ0n) is 30.3. The lowest BCUT2D eigenvalue weighted by atomic mass is 9.89. The highest BCUT2D eigenvalue weighted by Gasteiger charge is 2.33. The SMILES string of the molecule is CC(C)c1cc(C(C)C)c(S(=O)(=O)N2C/C=C/CN(S(=O)(=O)c3c(C(C)C)cc(C(C)C)cc3C(C)C)C/C=C/C2)c(C(C)C)c1. The van der Waals surface area contributed by atoms with Gasteiger partial charge >= 0.3 is 0 Å². The van der Waals surface area contributed by atoms with Gasteiger partial charge in [0, 0.05) is 26.2 Å². The van der Waals surface area contributed by atoms with Gasteiger partial charge in [0.25, 0.3) is 0 Å². The van der Waals surface area contributed by atoms with Gasteiger partial charge in [0.1, 0.15) is 0 Å². The Labute approximate surface area is 281 Å². The van der Waals surface area contributed by atoms with Crippen molar-refractivity contribution >= 4 is 20.0 Å². The Morgan fingerprint density at radius 3 is 0.804 bits per heavy atom. The number of rotatable bonds is 10. The molecule has 256 valence electrons. The minimum atomic E-state index is -3.85. The molecule has 0 unspecified atom stereocenters. The van der Waals surface area contributed by atoms with Crippen LogP contribution in [-0.4, -0.2) is 51.6 Å². The summed E-state index contributed by atoms with van der Waals surface area (Å²) in [6.07, 6.45) is 7.17. The van der Waals surface area contributed by atoms with Crippen molar-refractivity contribution in [2.24, 2.45) is 0 Å². The molecule has 1 aliphatic rings. The maximum Gasteiger partial charge on any atom is 0.244 e. The molecular formula is C38H58N2O4S2. The molecule has 1 aliphatic heterocycles. The molecule has 2 aromatic carbocycles. The second-order valence-electron chi connectivity index (χ2n) is 14.6. The van der Waals surface area contributed by atoms with Crippen molar-refractivity contribution in [1.29, 1.82) is 0 Å². The minimum absolute atomic E-state index is 0.0348. The normalized spacial score (nSPS) is 17.6. The monoisotopic (exact) mass is 670 g/mol. The number of hydrogen-bond acceptors (Lipinski definition) is 4. The van der Waals surface area contributed by atoms with Gasteiger partial charge in [0.15, 0.2) is 0 Å². The number of benzene rings is 2. The molecule has 0 fully saturated rings. The lowest BCUT2D eigenvalue weighted by molar-refractivity contribution is 0.455. The Balaban J connectivity index is 2.04. The third kappa shape index (κ3) is 8.23. The van der Waals surface area contributed by atoms with Crippen molar-refractivity contribution in [2.75, 3.05) is 26.2 Å². The smallest absolute Gasteiger partial charge is 0.207 e. The van der Waals surface area contributed by atoms with Gasteiger partial charge in [0.05, 0.1) is 9.79 Å². The van der Waals surface area contributed by atoms with Crippen LogP contribution >= 0.6 is 0 Å². The predicted molar refractivity (Wildman–Crippen MR) is 193 cm³/mol. The van der Waals surface area contributed by atoms with Gasteiger partial charge < -0.3 is 0 Å². The summed E-state index contributed by atoms with van der Waals surface area (Å²) in [7, 11) is -7.70. The van der Waals surface area contributed by atoms with Gasteiger partial charge in [-0.1, -0.05) is 132 Å². The Morgan fingerprint density at radius 2 is 0.630 bits per heavy atom. The molecule has 8 heteroatoms.